The zero-order chi connectivity index (χ0) is 15.6. The van der Waals surface area contributed by atoms with Gasteiger partial charge in [0, 0.05) is 10.6 Å². The Morgan fingerprint density at radius 2 is 2.14 bits per heavy atom. The molecule has 114 valence electrons. The number of thiophene rings is 1. The smallest absolute Gasteiger partial charge is 0.309 e. The molecule has 0 bridgehead atoms. The number of fused-ring (bicyclic) bond motifs is 1. The van der Waals surface area contributed by atoms with Gasteiger partial charge in [0.15, 0.2) is 0 Å². The van der Waals surface area contributed by atoms with Crippen molar-refractivity contribution in [3.8, 4) is 0 Å². The third kappa shape index (κ3) is 3.47. The summed E-state index contributed by atoms with van der Waals surface area (Å²) in [5.74, 6) is 2.24. The number of nitrogens with two attached hydrogens (primary N) is 1. The Morgan fingerprint density at radius 1 is 1.43 bits per heavy atom. The van der Waals surface area contributed by atoms with Crippen molar-refractivity contribution < 1.29 is 9.53 Å². The van der Waals surface area contributed by atoms with E-state index in [1.54, 1.807) is 23.1 Å². The van der Waals surface area contributed by atoms with Gasteiger partial charge >= 0.3 is 5.97 Å². The number of nitrogen functional groups attached to an aromatic ring is 1. The number of nitrogens with zero attached hydrogens (tertiary/aromatic N) is 2. The van der Waals surface area contributed by atoms with Gasteiger partial charge in [-0.05, 0) is 19.4 Å². The van der Waals surface area contributed by atoms with Crippen LogP contribution in [0.25, 0.3) is 10.2 Å². The molecule has 2 aromatic rings. The molecule has 0 saturated heterocycles. The van der Waals surface area contributed by atoms with Crippen molar-refractivity contribution in [1.82, 2.24) is 9.97 Å². The summed E-state index contributed by atoms with van der Waals surface area (Å²) in [5.41, 5.74) is 7.20. The summed E-state index contributed by atoms with van der Waals surface area (Å²) in [5, 5.41) is 0.967. The second kappa shape index (κ2) is 6.62. The SMILES string of the molecule is COC(=O)C(C)CSCc1nc(N)c2c(C)c(C)sc2n1. The Balaban J connectivity index is 2.08. The summed E-state index contributed by atoms with van der Waals surface area (Å²) in [6, 6.07) is 0. The fraction of sp³-hybridized carbons (Fsp3) is 0.500. The third-order valence-electron chi connectivity index (χ3n) is 3.31. The van der Waals surface area contributed by atoms with E-state index < -0.39 is 0 Å². The highest BCUT2D eigenvalue weighted by Crippen LogP contribution is 2.32. The minimum Gasteiger partial charge on any atom is -0.469 e. The Labute approximate surface area is 132 Å². The second-order valence-corrected chi connectivity index (χ2v) is 7.16. The number of carbonyl (C=O) groups is 1. The lowest BCUT2D eigenvalue weighted by Crippen LogP contribution is -2.15. The van der Waals surface area contributed by atoms with E-state index in [1.165, 1.54) is 12.0 Å². The Morgan fingerprint density at radius 3 is 2.81 bits per heavy atom. The van der Waals surface area contributed by atoms with Crippen LogP contribution in [0.2, 0.25) is 0 Å². The van der Waals surface area contributed by atoms with E-state index in [-0.39, 0.29) is 11.9 Å². The Kier molecular flexibility index (Phi) is 5.05. The lowest BCUT2D eigenvalue weighted by molar-refractivity contribution is -0.143. The highest BCUT2D eigenvalue weighted by atomic mass is 32.2. The topological polar surface area (TPSA) is 78.1 Å². The lowest BCUT2D eigenvalue weighted by Gasteiger charge is -2.08. The van der Waals surface area contributed by atoms with Crippen LogP contribution in [0, 0.1) is 19.8 Å². The maximum Gasteiger partial charge on any atom is 0.309 e. The van der Waals surface area contributed by atoms with Gasteiger partial charge in [0.25, 0.3) is 0 Å². The minimum atomic E-state index is -0.192. The molecule has 1 atom stereocenters. The molecule has 0 radical (unpaired) electrons. The van der Waals surface area contributed by atoms with Gasteiger partial charge in [-0.25, -0.2) is 9.97 Å². The number of ether oxygens (including phenoxy) is 1. The first-order chi connectivity index (χ1) is 9.93. The molecule has 0 spiro atoms. The summed E-state index contributed by atoms with van der Waals surface area (Å²) >= 11 is 3.25. The van der Waals surface area contributed by atoms with Gasteiger partial charge in [0.05, 0.1) is 24.2 Å². The van der Waals surface area contributed by atoms with Gasteiger partial charge in [-0.1, -0.05) is 6.92 Å². The van der Waals surface area contributed by atoms with Crippen molar-refractivity contribution in [2.24, 2.45) is 5.92 Å². The molecule has 0 aliphatic carbocycles. The summed E-state index contributed by atoms with van der Waals surface area (Å²) in [6.07, 6.45) is 0. The van der Waals surface area contributed by atoms with Crippen LogP contribution in [0.5, 0.6) is 0 Å². The van der Waals surface area contributed by atoms with Gasteiger partial charge in [-0.3, -0.25) is 4.79 Å². The number of aryl methyl sites for hydroxylation is 2. The largest absolute Gasteiger partial charge is 0.469 e. The van der Waals surface area contributed by atoms with E-state index >= 15 is 0 Å². The summed E-state index contributed by atoms with van der Waals surface area (Å²) in [7, 11) is 1.41. The van der Waals surface area contributed by atoms with Crippen LogP contribution in [-0.4, -0.2) is 28.8 Å². The quantitative estimate of drug-likeness (QED) is 0.852. The first-order valence-corrected chi connectivity index (χ1v) is 8.58. The first-order valence-electron chi connectivity index (χ1n) is 6.61. The van der Waals surface area contributed by atoms with Crippen molar-refractivity contribution >= 4 is 45.1 Å². The highest BCUT2D eigenvalue weighted by Gasteiger charge is 2.15. The Bertz CT molecular complexity index is 670. The molecular weight excluding hydrogens is 306 g/mol. The molecule has 0 amide bonds. The fourth-order valence-corrected chi connectivity index (χ4v) is 3.96. The van der Waals surface area contributed by atoms with Crippen molar-refractivity contribution in [2.45, 2.75) is 26.5 Å². The zero-order valence-electron chi connectivity index (χ0n) is 12.6. The minimum absolute atomic E-state index is 0.132. The number of thioether (sulfide) groups is 1. The van der Waals surface area contributed by atoms with Crippen LogP contribution < -0.4 is 5.73 Å². The molecule has 0 aliphatic heterocycles. The van der Waals surface area contributed by atoms with Gasteiger partial charge in [0.1, 0.15) is 16.5 Å². The average molecular weight is 325 g/mol. The number of aromatic nitrogens is 2. The summed E-state index contributed by atoms with van der Waals surface area (Å²) in [6.45, 7) is 5.96. The second-order valence-electron chi connectivity index (χ2n) is 4.93. The molecular formula is C14H19N3O2S2. The third-order valence-corrected chi connectivity index (χ3v) is 5.60. The van der Waals surface area contributed by atoms with Crippen molar-refractivity contribution in [1.29, 1.82) is 0 Å². The predicted octanol–water partition coefficient (Wildman–Crippen LogP) is 2.93. The van der Waals surface area contributed by atoms with E-state index in [4.69, 9.17) is 10.5 Å². The van der Waals surface area contributed by atoms with Gasteiger partial charge in [-0.15, -0.1) is 11.3 Å². The van der Waals surface area contributed by atoms with Crippen LogP contribution in [0.1, 0.15) is 23.2 Å². The van der Waals surface area contributed by atoms with Crippen LogP contribution >= 0.6 is 23.1 Å². The number of rotatable bonds is 5. The molecule has 0 saturated carbocycles. The Hall–Kier alpha value is -1.34. The number of carbonyl (C=O) groups excluding carboxylic acids is 1. The van der Waals surface area contributed by atoms with Crippen molar-refractivity contribution in [3.63, 3.8) is 0 Å². The van der Waals surface area contributed by atoms with Crippen molar-refractivity contribution in [2.75, 3.05) is 18.6 Å². The zero-order valence-corrected chi connectivity index (χ0v) is 14.2. The molecule has 1 unspecified atom stereocenters. The first kappa shape index (κ1) is 16.0. The van der Waals surface area contributed by atoms with Crippen LogP contribution in [0.3, 0.4) is 0 Å². The number of hydrogen-bond donors (Lipinski definition) is 1. The molecule has 5 nitrogen and oxygen atoms in total. The number of esters is 1. The monoisotopic (exact) mass is 325 g/mol. The highest BCUT2D eigenvalue weighted by molar-refractivity contribution is 7.98. The predicted molar refractivity (Wildman–Crippen MR) is 88.6 cm³/mol. The van der Waals surface area contributed by atoms with E-state index in [1.807, 2.05) is 13.8 Å². The number of anilines is 1. The normalized spacial score (nSPS) is 12.6. The summed E-state index contributed by atoms with van der Waals surface area (Å²) in [4.78, 5) is 22.4. The van der Waals surface area contributed by atoms with Crippen LogP contribution in [-0.2, 0) is 15.3 Å². The molecule has 2 N–H and O–H groups in total. The average Bonchev–Trinajstić information content (AvgIpc) is 2.73. The van der Waals surface area contributed by atoms with Gasteiger partial charge in [-0.2, -0.15) is 11.8 Å². The molecule has 7 heteroatoms. The van der Waals surface area contributed by atoms with Crippen LogP contribution in [0.4, 0.5) is 5.82 Å². The molecule has 2 aromatic heterocycles. The number of methoxy groups -OCH3 is 1. The fourth-order valence-electron chi connectivity index (χ4n) is 1.99. The van der Waals surface area contributed by atoms with E-state index in [0.717, 1.165) is 15.8 Å². The van der Waals surface area contributed by atoms with E-state index in [9.17, 15) is 4.79 Å². The van der Waals surface area contributed by atoms with Crippen molar-refractivity contribution in [3.05, 3.63) is 16.3 Å². The standard InChI is InChI=1S/C14H19N3O2S2/c1-7(14(18)19-4)5-20-6-10-16-12(15)11-8(2)9(3)21-13(11)17-10/h7H,5-6H2,1-4H3,(H2,15,16,17). The van der Waals surface area contributed by atoms with Gasteiger partial charge < -0.3 is 10.5 Å². The molecule has 0 fully saturated rings. The molecule has 21 heavy (non-hydrogen) atoms. The van der Waals surface area contributed by atoms with E-state index in [0.29, 0.717) is 23.1 Å². The van der Waals surface area contributed by atoms with Crippen LogP contribution in [0.15, 0.2) is 0 Å². The number of hydrogen-bond acceptors (Lipinski definition) is 7. The molecule has 2 rings (SSSR count). The molecule has 0 aliphatic rings. The summed E-state index contributed by atoms with van der Waals surface area (Å²) < 4.78 is 4.71. The van der Waals surface area contributed by atoms with Gasteiger partial charge in [0.2, 0.25) is 0 Å². The molecule has 2 heterocycles. The maximum atomic E-state index is 11.3. The van der Waals surface area contributed by atoms with E-state index in [2.05, 4.69) is 16.9 Å². The molecule has 0 aromatic carbocycles. The lowest BCUT2D eigenvalue weighted by atomic mass is 10.2. The maximum absolute atomic E-state index is 11.3.